The van der Waals surface area contributed by atoms with Gasteiger partial charge in [0.1, 0.15) is 6.34 Å². The van der Waals surface area contributed by atoms with E-state index in [2.05, 4.69) is 34.2 Å². The van der Waals surface area contributed by atoms with Gasteiger partial charge in [-0.3, -0.25) is 4.90 Å². The third kappa shape index (κ3) is 1.84. The first-order valence-electron chi connectivity index (χ1n) is 6.84. The van der Waals surface area contributed by atoms with Crippen LogP contribution in [0.3, 0.4) is 0 Å². The van der Waals surface area contributed by atoms with E-state index in [0.717, 1.165) is 28.5 Å². The van der Waals surface area contributed by atoms with E-state index in [9.17, 15) is 0 Å². The maximum Gasteiger partial charge on any atom is 0.215 e. The Bertz CT molecular complexity index is 832. The fourth-order valence-corrected chi connectivity index (χ4v) is 2.66. The molecule has 0 saturated heterocycles. The molecule has 21 heavy (non-hydrogen) atoms. The maximum atomic E-state index is 4.63. The Morgan fingerprint density at radius 2 is 1.67 bits per heavy atom. The lowest BCUT2D eigenvalue weighted by Crippen LogP contribution is -2.18. The van der Waals surface area contributed by atoms with Crippen LogP contribution in [0.15, 0.2) is 65.9 Å². The highest BCUT2D eigenvalue weighted by Crippen LogP contribution is 2.40. The predicted molar refractivity (Wildman–Crippen MR) is 85.4 cm³/mol. The maximum absolute atomic E-state index is 4.63. The van der Waals surface area contributed by atoms with Crippen molar-refractivity contribution in [3.63, 3.8) is 0 Å². The van der Waals surface area contributed by atoms with Gasteiger partial charge in [0.25, 0.3) is 0 Å². The van der Waals surface area contributed by atoms with Crippen LogP contribution in [0, 0.1) is 0 Å². The molecule has 0 fully saturated rings. The molecular formula is C17H14N4. The smallest absolute Gasteiger partial charge is 0.215 e. The lowest BCUT2D eigenvalue weighted by Gasteiger charge is -2.20. The van der Waals surface area contributed by atoms with Gasteiger partial charge < -0.3 is 4.57 Å². The van der Waals surface area contributed by atoms with E-state index in [0.29, 0.717) is 0 Å². The number of hydrogen-bond donors (Lipinski definition) is 0. The van der Waals surface area contributed by atoms with Crippen molar-refractivity contribution < 1.29 is 0 Å². The van der Waals surface area contributed by atoms with Crippen molar-refractivity contribution in [3.8, 4) is 11.1 Å². The summed E-state index contributed by atoms with van der Waals surface area (Å²) < 4.78 is 1.98. The van der Waals surface area contributed by atoms with Crippen LogP contribution in [0.1, 0.15) is 0 Å². The molecule has 4 nitrogen and oxygen atoms in total. The number of anilines is 2. The van der Waals surface area contributed by atoms with E-state index in [1.165, 1.54) is 0 Å². The van der Waals surface area contributed by atoms with Crippen LogP contribution < -0.4 is 4.90 Å². The zero-order valence-corrected chi connectivity index (χ0v) is 11.6. The number of para-hydroxylation sites is 2. The molecule has 4 rings (SSSR count). The number of hydrogen-bond acceptors (Lipinski definition) is 3. The number of fused-ring (bicyclic) bond motifs is 3. The molecule has 3 aromatic rings. The Morgan fingerprint density at radius 3 is 2.48 bits per heavy atom. The summed E-state index contributed by atoms with van der Waals surface area (Å²) in [5.74, 6) is 0.846. The normalized spacial score (nSPS) is 12.7. The Balaban J connectivity index is 2.00. The number of aromatic nitrogens is 2. The molecule has 0 amide bonds. The van der Waals surface area contributed by atoms with Crippen LogP contribution in [-0.2, 0) is 7.05 Å². The molecule has 0 unspecified atom stereocenters. The summed E-state index contributed by atoms with van der Waals surface area (Å²) in [6.45, 7) is 0. The third-order valence-corrected chi connectivity index (χ3v) is 3.68. The Hall–Kier alpha value is -2.88. The zero-order valence-electron chi connectivity index (χ0n) is 11.6. The summed E-state index contributed by atoms with van der Waals surface area (Å²) in [6.07, 6.45) is 5.57. The van der Waals surface area contributed by atoms with E-state index in [4.69, 9.17) is 0 Å². The highest BCUT2D eigenvalue weighted by Gasteiger charge is 2.20. The van der Waals surface area contributed by atoms with Gasteiger partial charge in [-0.25, -0.2) is 9.98 Å². The van der Waals surface area contributed by atoms with E-state index in [1.807, 2.05) is 53.3 Å². The lowest BCUT2D eigenvalue weighted by molar-refractivity contribution is 0.905. The summed E-state index contributed by atoms with van der Waals surface area (Å²) in [4.78, 5) is 11.1. The van der Waals surface area contributed by atoms with Crippen LogP contribution in [0.2, 0.25) is 0 Å². The molecule has 102 valence electrons. The van der Waals surface area contributed by atoms with Crippen molar-refractivity contribution in [2.24, 2.45) is 12.0 Å². The fourth-order valence-electron chi connectivity index (χ4n) is 2.66. The summed E-state index contributed by atoms with van der Waals surface area (Å²) in [5, 5.41) is 0. The standard InChI is InChI=1S/C17H14N4/c1-20-11-10-18-17(20)21-12-19-15-8-4-2-6-13(15)14-7-3-5-9-16(14)21/h2-12H,1H3. The Labute approximate surface area is 123 Å². The molecule has 1 aliphatic heterocycles. The lowest BCUT2D eigenvalue weighted by atomic mass is 10.0. The second-order valence-electron chi connectivity index (χ2n) is 4.99. The molecule has 0 atom stereocenters. The van der Waals surface area contributed by atoms with Crippen molar-refractivity contribution in [1.29, 1.82) is 0 Å². The van der Waals surface area contributed by atoms with Gasteiger partial charge >= 0.3 is 0 Å². The van der Waals surface area contributed by atoms with Gasteiger partial charge in [0.05, 0.1) is 11.4 Å². The van der Waals surface area contributed by atoms with Gasteiger partial charge in [-0.2, -0.15) is 0 Å². The number of aliphatic imine (C=N–C) groups is 1. The van der Waals surface area contributed by atoms with Crippen molar-refractivity contribution in [2.45, 2.75) is 0 Å². The van der Waals surface area contributed by atoms with Gasteiger partial charge in [-0.15, -0.1) is 0 Å². The van der Waals surface area contributed by atoms with Crippen LogP contribution in [-0.4, -0.2) is 15.9 Å². The van der Waals surface area contributed by atoms with Crippen LogP contribution >= 0.6 is 0 Å². The topological polar surface area (TPSA) is 33.4 Å². The minimum absolute atomic E-state index is 0.846. The summed E-state index contributed by atoms with van der Waals surface area (Å²) >= 11 is 0. The number of aryl methyl sites for hydroxylation is 1. The SMILES string of the molecule is Cn1ccnc1N1C=Nc2ccccc2-c2ccccc21. The van der Waals surface area contributed by atoms with Crippen molar-refractivity contribution in [2.75, 3.05) is 4.90 Å². The Kier molecular flexibility index (Phi) is 2.60. The van der Waals surface area contributed by atoms with Gasteiger partial charge in [0.2, 0.25) is 5.95 Å². The fraction of sp³-hybridized carbons (Fsp3) is 0.0588. The first kappa shape index (κ1) is 11.9. The molecule has 1 aliphatic rings. The van der Waals surface area contributed by atoms with Crippen LogP contribution in [0.5, 0.6) is 0 Å². The first-order chi connectivity index (χ1) is 10.3. The van der Waals surface area contributed by atoms with Crippen molar-refractivity contribution >= 4 is 23.7 Å². The largest absolute Gasteiger partial charge is 0.320 e. The first-order valence-corrected chi connectivity index (χ1v) is 6.84. The molecule has 0 spiro atoms. The molecule has 0 aliphatic carbocycles. The third-order valence-electron chi connectivity index (χ3n) is 3.68. The number of nitrogens with zero attached hydrogens (tertiary/aromatic N) is 4. The number of benzene rings is 2. The molecule has 0 bridgehead atoms. The summed E-state index contributed by atoms with van der Waals surface area (Å²) in [7, 11) is 1.98. The minimum atomic E-state index is 0.846. The molecule has 2 aromatic carbocycles. The van der Waals surface area contributed by atoms with Crippen LogP contribution in [0.4, 0.5) is 17.3 Å². The number of rotatable bonds is 1. The average molecular weight is 274 g/mol. The molecule has 1 aromatic heterocycles. The van der Waals surface area contributed by atoms with E-state index in [1.54, 1.807) is 6.20 Å². The average Bonchev–Trinajstić information content (AvgIpc) is 2.87. The Morgan fingerprint density at radius 1 is 0.905 bits per heavy atom. The highest BCUT2D eigenvalue weighted by molar-refractivity contribution is 6.00. The van der Waals surface area contributed by atoms with Crippen molar-refractivity contribution in [3.05, 3.63) is 60.9 Å². The van der Waals surface area contributed by atoms with Gasteiger partial charge in [0.15, 0.2) is 0 Å². The van der Waals surface area contributed by atoms with Crippen molar-refractivity contribution in [1.82, 2.24) is 9.55 Å². The molecule has 2 heterocycles. The monoisotopic (exact) mass is 274 g/mol. The van der Waals surface area contributed by atoms with Gasteiger partial charge in [0, 0.05) is 30.6 Å². The molecule has 0 saturated carbocycles. The highest BCUT2D eigenvalue weighted by atomic mass is 15.3. The zero-order chi connectivity index (χ0) is 14.2. The molecular weight excluding hydrogens is 260 g/mol. The predicted octanol–water partition coefficient (Wildman–Crippen LogP) is 3.90. The van der Waals surface area contributed by atoms with E-state index >= 15 is 0 Å². The summed E-state index contributed by atoms with van der Waals surface area (Å²) in [5.41, 5.74) is 4.36. The summed E-state index contributed by atoms with van der Waals surface area (Å²) in [6, 6.07) is 16.5. The van der Waals surface area contributed by atoms with E-state index < -0.39 is 0 Å². The van der Waals surface area contributed by atoms with Gasteiger partial charge in [-0.05, 0) is 12.1 Å². The molecule has 0 radical (unpaired) electrons. The van der Waals surface area contributed by atoms with E-state index in [-0.39, 0.29) is 0 Å². The molecule has 0 N–H and O–H groups in total. The number of imidazole rings is 1. The quantitative estimate of drug-likeness (QED) is 0.674. The second-order valence-corrected chi connectivity index (χ2v) is 4.99. The van der Waals surface area contributed by atoms with Crippen LogP contribution in [0.25, 0.3) is 11.1 Å². The molecule has 4 heteroatoms. The van der Waals surface area contributed by atoms with Gasteiger partial charge in [-0.1, -0.05) is 36.4 Å². The minimum Gasteiger partial charge on any atom is -0.320 e. The second kappa shape index (κ2) is 4.59.